The maximum atomic E-state index is 12.8. The maximum absolute atomic E-state index is 12.8. The van der Waals surface area contributed by atoms with E-state index in [0.29, 0.717) is 23.6 Å². The molecule has 0 spiro atoms. The lowest BCUT2D eigenvalue weighted by atomic mass is 9.99. The number of hydrogen-bond acceptors (Lipinski definition) is 6. The summed E-state index contributed by atoms with van der Waals surface area (Å²) in [7, 11) is 4.17. The number of carbonyl (C=O) groups is 1. The number of hydrogen-bond donors (Lipinski definition) is 2. The van der Waals surface area contributed by atoms with E-state index in [0.717, 1.165) is 53.9 Å². The van der Waals surface area contributed by atoms with E-state index in [2.05, 4.69) is 68.9 Å². The Morgan fingerprint density at radius 3 is 2.74 bits per heavy atom. The molecular weight excluding hydrogens is 438 g/mol. The van der Waals surface area contributed by atoms with Crippen molar-refractivity contribution >= 4 is 29.2 Å². The molecule has 0 radical (unpaired) electrons. The highest BCUT2D eigenvalue weighted by molar-refractivity contribution is 6.06. The van der Waals surface area contributed by atoms with Crippen LogP contribution in [0.25, 0.3) is 22.2 Å². The number of carbonyl (C=O) groups excluding carboxylic acids is 1. The molecule has 3 aromatic rings. The summed E-state index contributed by atoms with van der Waals surface area (Å²) >= 11 is 0. The van der Waals surface area contributed by atoms with Crippen molar-refractivity contribution < 1.29 is 4.79 Å². The fourth-order valence-electron chi connectivity index (χ4n) is 4.81. The largest absolute Gasteiger partial charge is 0.372 e. The minimum atomic E-state index is -0.112. The van der Waals surface area contributed by atoms with E-state index in [4.69, 9.17) is 4.98 Å². The van der Waals surface area contributed by atoms with Gasteiger partial charge in [0.05, 0.1) is 23.1 Å². The Bertz CT molecular complexity index is 1360. The molecule has 2 aliphatic heterocycles. The molecule has 2 aromatic heterocycles. The van der Waals surface area contributed by atoms with E-state index in [1.165, 1.54) is 5.70 Å². The number of likely N-dealkylation sites (N-methyl/N-ethyl adjacent to an activating group) is 1. The highest BCUT2D eigenvalue weighted by Crippen LogP contribution is 2.36. The van der Waals surface area contributed by atoms with Gasteiger partial charge in [-0.2, -0.15) is 0 Å². The predicted octanol–water partition coefficient (Wildman–Crippen LogP) is 3.59. The first-order valence-electron chi connectivity index (χ1n) is 11.9. The van der Waals surface area contributed by atoms with Crippen LogP contribution < -0.4 is 10.6 Å². The minimum absolute atomic E-state index is 0.112. The fraction of sp³-hybridized carbons (Fsp3) is 0.296. The van der Waals surface area contributed by atoms with Crippen LogP contribution in [0.1, 0.15) is 22.8 Å². The summed E-state index contributed by atoms with van der Waals surface area (Å²) in [4.78, 5) is 26.5. The third-order valence-corrected chi connectivity index (χ3v) is 6.93. The SMILES string of the molecule is C=N/C(=C\C=C(/C)N1CCN(C)CC1)Nc1cnc(-c2cccc3c2ccn3C)c2c1C(=O)NC2. The first-order chi connectivity index (χ1) is 17.0. The zero-order valence-corrected chi connectivity index (χ0v) is 20.5. The lowest BCUT2D eigenvalue weighted by molar-refractivity contribution is 0.0966. The molecule has 35 heavy (non-hydrogen) atoms. The smallest absolute Gasteiger partial charge is 0.254 e. The molecule has 0 bridgehead atoms. The lowest BCUT2D eigenvalue weighted by Gasteiger charge is -2.34. The normalized spacial score (nSPS) is 17.0. The highest BCUT2D eigenvalue weighted by Gasteiger charge is 2.28. The van der Waals surface area contributed by atoms with Crippen molar-refractivity contribution in [3.8, 4) is 11.3 Å². The number of amides is 1. The summed E-state index contributed by atoms with van der Waals surface area (Å²) in [5, 5.41) is 7.36. The average Bonchev–Trinajstić information content (AvgIpc) is 3.45. The van der Waals surface area contributed by atoms with Crippen molar-refractivity contribution in [2.75, 3.05) is 38.5 Å². The zero-order valence-electron chi connectivity index (χ0n) is 20.5. The number of benzene rings is 1. The van der Waals surface area contributed by atoms with Gasteiger partial charge in [-0.3, -0.25) is 9.78 Å². The quantitative estimate of drug-likeness (QED) is 0.426. The number of piperazine rings is 1. The zero-order chi connectivity index (χ0) is 24.5. The molecule has 0 unspecified atom stereocenters. The number of fused-ring (bicyclic) bond motifs is 2. The van der Waals surface area contributed by atoms with E-state index >= 15 is 0 Å². The second-order valence-corrected chi connectivity index (χ2v) is 9.16. The van der Waals surface area contributed by atoms with Crippen LogP contribution in [0.15, 0.2) is 65.3 Å². The molecule has 2 aliphatic rings. The van der Waals surface area contributed by atoms with Crippen LogP contribution in [0.2, 0.25) is 0 Å². The Kier molecular flexibility index (Phi) is 6.13. The molecule has 0 atom stereocenters. The van der Waals surface area contributed by atoms with Gasteiger partial charge in [0, 0.05) is 73.7 Å². The van der Waals surface area contributed by atoms with Crippen molar-refractivity contribution in [2.24, 2.45) is 12.0 Å². The van der Waals surface area contributed by atoms with Crippen LogP contribution in [0, 0.1) is 0 Å². The van der Waals surface area contributed by atoms with Gasteiger partial charge in [0.25, 0.3) is 5.91 Å². The van der Waals surface area contributed by atoms with Crippen molar-refractivity contribution in [1.29, 1.82) is 0 Å². The number of anilines is 1. The van der Waals surface area contributed by atoms with Crippen LogP contribution in [-0.4, -0.2) is 65.2 Å². The Balaban J connectivity index is 1.46. The van der Waals surface area contributed by atoms with Crippen LogP contribution in [0.5, 0.6) is 0 Å². The van der Waals surface area contributed by atoms with Crippen molar-refractivity contribution in [2.45, 2.75) is 13.5 Å². The molecule has 5 rings (SSSR count). The summed E-state index contributed by atoms with van der Waals surface area (Å²) in [6.07, 6.45) is 7.70. The molecule has 180 valence electrons. The Hall–Kier alpha value is -3.91. The van der Waals surface area contributed by atoms with E-state index in [1.807, 2.05) is 31.5 Å². The second-order valence-electron chi connectivity index (χ2n) is 9.16. The predicted molar refractivity (Wildman–Crippen MR) is 141 cm³/mol. The highest BCUT2D eigenvalue weighted by atomic mass is 16.1. The van der Waals surface area contributed by atoms with Crippen LogP contribution >= 0.6 is 0 Å². The molecule has 4 heterocycles. The number of rotatable bonds is 6. The number of nitrogens with zero attached hydrogens (tertiary/aromatic N) is 5. The van der Waals surface area contributed by atoms with Gasteiger partial charge in [0.2, 0.25) is 0 Å². The molecule has 8 heteroatoms. The molecule has 0 saturated carbocycles. The number of allylic oxidation sites excluding steroid dienone is 3. The minimum Gasteiger partial charge on any atom is -0.372 e. The Labute approximate surface area is 205 Å². The topological polar surface area (TPSA) is 77.8 Å². The number of nitrogens with one attached hydrogen (secondary N) is 2. The number of aromatic nitrogens is 2. The number of aliphatic imine (C=N–C) groups is 1. The van der Waals surface area contributed by atoms with Gasteiger partial charge >= 0.3 is 0 Å². The van der Waals surface area contributed by atoms with Crippen LogP contribution in [0.3, 0.4) is 0 Å². The lowest BCUT2D eigenvalue weighted by Crippen LogP contribution is -2.43. The van der Waals surface area contributed by atoms with Crippen LogP contribution in [-0.2, 0) is 13.6 Å². The number of pyridine rings is 1. The van der Waals surface area contributed by atoms with Gasteiger partial charge in [-0.1, -0.05) is 12.1 Å². The van der Waals surface area contributed by atoms with Gasteiger partial charge in [-0.25, -0.2) is 4.99 Å². The summed E-state index contributed by atoms with van der Waals surface area (Å²) < 4.78 is 2.09. The van der Waals surface area contributed by atoms with E-state index in [9.17, 15) is 4.79 Å². The molecule has 2 N–H and O–H groups in total. The second kappa shape index (κ2) is 9.38. The first kappa shape index (κ1) is 22.9. The van der Waals surface area contributed by atoms with Crippen molar-refractivity contribution in [1.82, 2.24) is 24.7 Å². The number of aryl methyl sites for hydroxylation is 1. The molecule has 8 nitrogen and oxygen atoms in total. The molecular formula is C27H31N7O. The summed E-state index contributed by atoms with van der Waals surface area (Å²) in [5.74, 6) is 0.457. The summed E-state index contributed by atoms with van der Waals surface area (Å²) in [6.45, 7) is 10.4. The fourth-order valence-corrected chi connectivity index (χ4v) is 4.81. The van der Waals surface area contributed by atoms with Gasteiger partial charge < -0.3 is 25.0 Å². The average molecular weight is 470 g/mol. The van der Waals surface area contributed by atoms with Gasteiger partial charge in [0.15, 0.2) is 0 Å². The van der Waals surface area contributed by atoms with Gasteiger partial charge in [-0.15, -0.1) is 0 Å². The Morgan fingerprint density at radius 2 is 1.97 bits per heavy atom. The molecule has 0 aliphatic carbocycles. The molecule has 1 fully saturated rings. The molecule has 1 aromatic carbocycles. The standard InChI is InChI=1S/C27H31N7O/c1-18(34-14-12-32(3)13-15-34)8-9-24(28-2)31-22-17-29-26(21-16-30-27(35)25(21)22)20-6-5-7-23-19(20)10-11-33(23)4/h5-11,17,31H,2,12-16H2,1,3-4H3,(H,30,35)/b18-8+,24-9+. The first-order valence-corrected chi connectivity index (χ1v) is 11.9. The van der Waals surface area contributed by atoms with Crippen molar-refractivity contribution in [3.63, 3.8) is 0 Å². The van der Waals surface area contributed by atoms with Crippen LogP contribution in [0.4, 0.5) is 5.69 Å². The third kappa shape index (κ3) is 4.33. The Morgan fingerprint density at radius 1 is 1.17 bits per heavy atom. The van der Waals surface area contributed by atoms with Gasteiger partial charge in [0.1, 0.15) is 5.82 Å². The van der Waals surface area contributed by atoms with E-state index in [-0.39, 0.29) is 5.91 Å². The monoisotopic (exact) mass is 469 g/mol. The van der Waals surface area contributed by atoms with Gasteiger partial charge in [-0.05, 0) is 45.0 Å². The summed E-state index contributed by atoms with van der Waals surface area (Å²) in [5.41, 5.74) is 6.27. The summed E-state index contributed by atoms with van der Waals surface area (Å²) in [6, 6.07) is 8.26. The van der Waals surface area contributed by atoms with E-state index in [1.54, 1.807) is 6.20 Å². The van der Waals surface area contributed by atoms with Crippen molar-refractivity contribution in [3.05, 3.63) is 71.5 Å². The van der Waals surface area contributed by atoms with E-state index < -0.39 is 0 Å². The molecule has 1 saturated heterocycles. The third-order valence-electron chi connectivity index (χ3n) is 6.93. The maximum Gasteiger partial charge on any atom is 0.254 e. The molecule has 1 amide bonds.